The van der Waals surface area contributed by atoms with Gasteiger partial charge in [0.05, 0.1) is 19.8 Å². The van der Waals surface area contributed by atoms with Gasteiger partial charge in [-0.05, 0) is 41.5 Å². The van der Waals surface area contributed by atoms with Crippen LogP contribution >= 0.6 is 0 Å². The summed E-state index contributed by atoms with van der Waals surface area (Å²) in [6.45, 7) is 9.01. The van der Waals surface area contributed by atoms with Gasteiger partial charge >= 0.3 is 0 Å². The molecule has 0 atom stereocenters. The quantitative estimate of drug-likeness (QED) is 0.504. The highest BCUT2D eigenvalue weighted by atomic mass is 19.1. The standard InChI is InChI=1S/C23H29N2.CH3F/c1-6-18-11-10-12-19(7-2)22(18)25-16-15-24(5)23(25)21-14-9-8-13-20(21)17(3)4;1-2/h8-17H,6-7H2,1-5H3;1H3/q+1;. The van der Waals surface area contributed by atoms with Crippen molar-refractivity contribution in [1.29, 1.82) is 0 Å². The van der Waals surface area contributed by atoms with Crippen molar-refractivity contribution >= 4 is 0 Å². The summed E-state index contributed by atoms with van der Waals surface area (Å²) < 4.78 is 14.1. The van der Waals surface area contributed by atoms with Crippen molar-refractivity contribution in [2.45, 2.75) is 46.5 Å². The number of alkyl halides is 1. The Morgan fingerprint density at radius 3 is 2.07 bits per heavy atom. The highest BCUT2D eigenvalue weighted by Gasteiger charge is 2.25. The highest BCUT2D eigenvalue weighted by molar-refractivity contribution is 5.63. The van der Waals surface area contributed by atoms with Crippen molar-refractivity contribution in [1.82, 2.24) is 4.57 Å². The third-order valence-corrected chi connectivity index (χ3v) is 5.03. The first-order valence-corrected chi connectivity index (χ1v) is 9.73. The number of aryl methyl sites for hydroxylation is 3. The second kappa shape index (κ2) is 9.50. The van der Waals surface area contributed by atoms with Crippen LogP contribution in [0.2, 0.25) is 0 Å². The number of aromatic nitrogens is 2. The molecule has 27 heavy (non-hydrogen) atoms. The largest absolute Gasteiger partial charge is 0.294 e. The van der Waals surface area contributed by atoms with Crippen LogP contribution in [0.25, 0.3) is 17.1 Å². The number of hydrogen-bond donors (Lipinski definition) is 0. The molecule has 3 heteroatoms. The zero-order valence-corrected chi connectivity index (χ0v) is 17.5. The Morgan fingerprint density at radius 1 is 0.926 bits per heavy atom. The molecule has 0 spiro atoms. The Labute approximate surface area is 163 Å². The predicted molar refractivity (Wildman–Crippen MR) is 112 cm³/mol. The van der Waals surface area contributed by atoms with E-state index >= 15 is 0 Å². The summed E-state index contributed by atoms with van der Waals surface area (Å²) in [5, 5.41) is 0. The molecule has 3 rings (SSSR count). The molecule has 0 saturated carbocycles. The van der Waals surface area contributed by atoms with Crippen LogP contribution in [0.1, 0.15) is 50.3 Å². The first kappa shape index (κ1) is 20.9. The lowest BCUT2D eigenvalue weighted by molar-refractivity contribution is -0.659. The average molecular weight is 368 g/mol. The van der Waals surface area contributed by atoms with Gasteiger partial charge in [-0.25, -0.2) is 4.57 Å². The fraction of sp³-hybridized carbons (Fsp3) is 0.375. The second-order valence-corrected chi connectivity index (χ2v) is 6.98. The van der Waals surface area contributed by atoms with Gasteiger partial charge in [0.2, 0.25) is 0 Å². The molecule has 0 saturated heterocycles. The average Bonchev–Trinajstić information content (AvgIpc) is 3.09. The molecule has 1 heterocycles. The minimum absolute atomic E-state index is 0.492. The van der Waals surface area contributed by atoms with Crippen LogP contribution < -0.4 is 4.57 Å². The zero-order chi connectivity index (χ0) is 20.0. The molecule has 0 bridgehead atoms. The van der Waals surface area contributed by atoms with E-state index in [-0.39, 0.29) is 0 Å². The number of benzene rings is 2. The SMILES string of the molecule is CCc1cccc(CC)c1-n1cc[n+](C)c1-c1ccccc1C(C)C.CF. The normalized spacial score (nSPS) is 10.7. The van der Waals surface area contributed by atoms with E-state index in [1.807, 2.05) is 0 Å². The molecule has 0 radical (unpaired) electrons. The molecular weight excluding hydrogens is 335 g/mol. The number of imidazole rings is 1. The summed E-state index contributed by atoms with van der Waals surface area (Å²) in [5.74, 6) is 1.74. The molecule has 0 N–H and O–H groups in total. The summed E-state index contributed by atoms with van der Waals surface area (Å²) in [6, 6.07) is 15.5. The van der Waals surface area contributed by atoms with E-state index in [2.05, 4.69) is 98.7 Å². The Hall–Kier alpha value is -2.42. The number of para-hydroxylation sites is 1. The van der Waals surface area contributed by atoms with Crippen molar-refractivity contribution in [3.8, 4) is 17.1 Å². The molecule has 0 aliphatic heterocycles. The third kappa shape index (κ3) is 4.13. The van der Waals surface area contributed by atoms with Gasteiger partial charge < -0.3 is 0 Å². The molecule has 0 aliphatic rings. The van der Waals surface area contributed by atoms with Gasteiger partial charge in [-0.2, -0.15) is 4.57 Å². The van der Waals surface area contributed by atoms with Crippen LogP contribution in [0, 0.1) is 0 Å². The van der Waals surface area contributed by atoms with E-state index in [0.717, 1.165) is 12.8 Å². The van der Waals surface area contributed by atoms with Crippen molar-refractivity contribution in [2.24, 2.45) is 7.05 Å². The summed E-state index contributed by atoms with van der Waals surface area (Å²) in [7, 11) is 2.64. The predicted octanol–water partition coefficient (Wildman–Crippen LogP) is 5.80. The summed E-state index contributed by atoms with van der Waals surface area (Å²) >= 11 is 0. The number of halogens is 1. The van der Waals surface area contributed by atoms with Crippen LogP contribution in [-0.4, -0.2) is 11.7 Å². The fourth-order valence-corrected chi connectivity index (χ4v) is 3.71. The molecule has 1 aromatic heterocycles. The maximum atomic E-state index is 9.50. The molecule has 0 fully saturated rings. The van der Waals surface area contributed by atoms with E-state index in [4.69, 9.17) is 0 Å². The van der Waals surface area contributed by atoms with Crippen molar-refractivity contribution < 1.29 is 8.96 Å². The van der Waals surface area contributed by atoms with Gasteiger partial charge in [0.1, 0.15) is 18.1 Å². The lowest BCUT2D eigenvalue weighted by Crippen LogP contribution is -2.29. The summed E-state index contributed by atoms with van der Waals surface area (Å²) in [6.07, 6.45) is 6.45. The second-order valence-electron chi connectivity index (χ2n) is 6.98. The highest BCUT2D eigenvalue weighted by Crippen LogP contribution is 2.31. The minimum atomic E-state index is 0.492. The Bertz CT molecular complexity index is 856. The van der Waals surface area contributed by atoms with Crippen LogP contribution in [0.5, 0.6) is 0 Å². The maximum absolute atomic E-state index is 9.50. The maximum Gasteiger partial charge on any atom is 0.294 e. The Balaban J connectivity index is 0.00000126. The van der Waals surface area contributed by atoms with Gasteiger partial charge in [-0.1, -0.05) is 64.1 Å². The van der Waals surface area contributed by atoms with Crippen LogP contribution in [0.4, 0.5) is 4.39 Å². The van der Waals surface area contributed by atoms with Crippen molar-refractivity contribution in [3.05, 3.63) is 71.5 Å². The van der Waals surface area contributed by atoms with Gasteiger partial charge in [-0.15, -0.1) is 0 Å². The molecule has 2 aromatic carbocycles. The summed E-state index contributed by atoms with van der Waals surface area (Å²) in [4.78, 5) is 0. The number of nitrogens with zero attached hydrogens (tertiary/aromatic N) is 2. The first-order valence-electron chi connectivity index (χ1n) is 9.73. The first-order chi connectivity index (χ1) is 13.1. The van der Waals surface area contributed by atoms with Crippen LogP contribution in [0.15, 0.2) is 54.9 Å². The lowest BCUT2D eigenvalue weighted by atomic mass is 9.96. The van der Waals surface area contributed by atoms with Gasteiger partial charge in [0.25, 0.3) is 5.82 Å². The lowest BCUT2D eigenvalue weighted by Gasteiger charge is -2.14. The zero-order valence-electron chi connectivity index (χ0n) is 17.5. The Morgan fingerprint density at radius 2 is 1.52 bits per heavy atom. The van der Waals surface area contributed by atoms with Crippen LogP contribution in [-0.2, 0) is 19.9 Å². The monoisotopic (exact) mass is 367 g/mol. The van der Waals surface area contributed by atoms with E-state index in [1.54, 1.807) is 0 Å². The molecule has 0 unspecified atom stereocenters. The molecule has 0 amide bonds. The van der Waals surface area contributed by atoms with Gasteiger partial charge in [-0.3, -0.25) is 4.39 Å². The third-order valence-electron chi connectivity index (χ3n) is 5.03. The minimum Gasteiger partial charge on any atom is -0.255 e. The fourth-order valence-electron chi connectivity index (χ4n) is 3.71. The molecule has 144 valence electrons. The van der Waals surface area contributed by atoms with E-state index < -0.39 is 0 Å². The van der Waals surface area contributed by atoms with Gasteiger partial charge in [0, 0.05) is 0 Å². The molecule has 3 aromatic rings. The smallest absolute Gasteiger partial charge is 0.255 e. The van der Waals surface area contributed by atoms with E-state index in [1.165, 1.54) is 33.8 Å². The number of rotatable bonds is 5. The van der Waals surface area contributed by atoms with Crippen molar-refractivity contribution in [3.63, 3.8) is 0 Å². The van der Waals surface area contributed by atoms with E-state index in [9.17, 15) is 4.39 Å². The summed E-state index contributed by atoms with van der Waals surface area (Å²) in [5.41, 5.74) is 6.86. The molecular formula is C24H32FN2+. The topological polar surface area (TPSA) is 8.81 Å². The number of hydrogen-bond acceptors (Lipinski definition) is 0. The van der Waals surface area contributed by atoms with Crippen molar-refractivity contribution in [2.75, 3.05) is 7.18 Å². The molecule has 2 nitrogen and oxygen atoms in total. The van der Waals surface area contributed by atoms with E-state index in [0.29, 0.717) is 13.1 Å². The van der Waals surface area contributed by atoms with Crippen LogP contribution in [0.3, 0.4) is 0 Å². The molecule has 0 aliphatic carbocycles. The Kier molecular flexibility index (Phi) is 7.35. The van der Waals surface area contributed by atoms with Gasteiger partial charge in [0.15, 0.2) is 0 Å².